The van der Waals surface area contributed by atoms with Crippen LogP contribution in [0.15, 0.2) is 18.3 Å². The fourth-order valence-electron chi connectivity index (χ4n) is 2.75. The molecule has 92 valence electrons. The van der Waals surface area contributed by atoms with Crippen molar-refractivity contribution in [3.05, 3.63) is 23.9 Å². The maximum absolute atomic E-state index is 5.27. The Morgan fingerprint density at radius 2 is 2.35 bits per heavy atom. The summed E-state index contributed by atoms with van der Waals surface area (Å²) in [4.78, 5) is 4.19. The normalized spacial score (nSPS) is 21.9. The summed E-state index contributed by atoms with van der Waals surface area (Å²) in [7, 11) is 1.66. The van der Waals surface area contributed by atoms with Gasteiger partial charge in [0, 0.05) is 29.8 Å². The SMILES string of the molecule is COc1ncccc1CNC1CC2(COC2)C1. The zero-order valence-electron chi connectivity index (χ0n) is 10.1. The summed E-state index contributed by atoms with van der Waals surface area (Å²) in [5.41, 5.74) is 1.65. The van der Waals surface area contributed by atoms with E-state index in [2.05, 4.69) is 16.4 Å². The van der Waals surface area contributed by atoms with Crippen LogP contribution in [0.2, 0.25) is 0 Å². The van der Waals surface area contributed by atoms with E-state index in [0.29, 0.717) is 11.5 Å². The van der Waals surface area contributed by atoms with Gasteiger partial charge in [0.25, 0.3) is 0 Å². The summed E-state index contributed by atoms with van der Waals surface area (Å²) in [6.07, 6.45) is 4.25. The molecule has 1 aromatic heterocycles. The molecule has 4 heteroatoms. The molecule has 0 unspecified atom stereocenters. The molecule has 1 N–H and O–H groups in total. The topological polar surface area (TPSA) is 43.4 Å². The number of hydrogen-bond acceptors (Lipinski definition) is 4. The second-order valence-electron chi connectivity index (χ2n) is 5.15. The largest absolute Gasteiger partial charge is 0.481 e. The fraction of sp³-hybridized carbons (Fsp3) is 0.615. The first-order valence-electron chi connectivity index (χ1n) is 6.10. The average Bonchev–Trinajstić information content (AvgIpc) is 2.25. The number of nitrogens with one attached hydrogen (secondary N) is 1. The van der Waals surface area contributed by atoms with Gasteiger partial charge in [0.2, 0.25) is 5.88 Å². The maximum atomic E-state index is 5.27. The molecule has 2 aliphatic rings. The lowest BCUT2D eigenvalue weighted by Crippen LogP contribution is -2.58. The van der Waals surface area contributed by atoms with Gasteiger partial charge in [-0.05, 0) is 18.9 Å². The van der Waals surface area contributed by atoms with E-state index >= 15 is 0 Å². The van der Waals surface area contributed by atoms with Crippen LogP contribution in [-0.2, 0) is 11.3 Å². The van der Waals surface area contributed by atoms with Crippen LogP contribution in [0.25, 0.3) is 0 Å². The molecule has 17 heavy (non-hydrogen) atoms. The highest BCUT2D eigenvalue weighted by Crippen LogP contribution is 2.46. The molecule has 1 aromatic rings. The molecule has 1 aliphatic carbocycles. The highest BCUT2D eigenvalue weighted by Gasteiger charge is 2.49. The summed E-state index contributed by atoms with van der Waals surface area (Å²) in [5.74, 6) is 0.723. The molecule has 1 spiro atoms. The Morgan fingerprint density at radius 3 is 3.00 bits per heavy atom. The minimum Gasteiger partial charge on any atom is -0.481 e. The van der Waals surface area contributed by atoms with E-state index < -0.39 is 0 Å². The Hall–Kier alpha value is -1.13. The van der Waals surface area contributed by atoms with Crippen molar-refractivity contribution in [3.63, 3.8) is 0 Å². The van der Waals surface area contributed by atoms with Gasteiger partial charge in [0.05, 0.1) is 20.3 Å². The molecule has 0 atom stereocenters. The number of nitrogens with zero attached hydrogens (tertiary/aromatic N) is 1. The summed E-state index contributed by atoms with van der Waals surface area (Å²) in [5, 5.41) is 3.56. The Balaban J connectivity index is 1.51. The molecule has 0 radical (unpaired) electrons. The Bertz CT molecular complexity index is 396. The van der Waals surface area contributed by atoms with E-state index in [4.69, 9.17) is 9.47 Å². The predicted molar refractivity (Wildman–Crippen MR) is 63.9 cm³/mol. The number of pyridine rings is 1. The van der Waals surface area contributed by atoms with E-state index in [-0.39, 0.29) is 0 Å². The molecule has 0 aromatic carbocycles. The van der Waals surface area contributed by atoms with Crippen molar-refractivity contribution in [1.82, 2.24) is 10.3 Å². The van der Waals surface area contributed by atoms with Crippen LogP contribution in [0.4, 0.5) is 0 Å². The van der Waals surface area contributed by atoms with Crippen molar-refractivity contribution in [2.75, 3.05) is 20.3 Å². The molecule has 1 aliphatic heterocycles. The number of aromatic nitrogens is 1. The van der Waals surface area contributed by atoms with E-state index in [9.17, 15) is 0 Å². The van der Waals surface area contributed by atoms with Crippen molar-refractivity contribution < 1.29 is 9.47 Å². The average molecular weight is 234 g/mol. The van der Waals surface area contributed by atoms with E-state index in [1.807, 2.05) is 6.07 Å². The van der Waals surface area contributed by atoms with Crippen LogP contribution in [0.3, 0.4) is 0 Å². The quantitative estimate of drug-likeness (QED) is 0.854. The number of rotatable bonds is 4. The van der Waals surface area contributed by atoms with Gasteiger partial charge in [-0.3, -0.25) is 0 Å². The Kier molecular flexibility index (Phi) is 2.76. The maximum Gasteiger partial charge on any atom is 0.217 e. The van der Waals surface area contributed by atoms with Crippen LogP contribution >= 0.6 is 0 Å². The van der Waals surface area contributed by atoms with Gasteiger partial charge in [-0.25, -0.2) is 4.98 Å². The lowest BCUT2D eigenvalue weighted by atomic mass is 9.64. The summed E-state index contributed by atoms with van der Waals surface area (Å²) in [6.45, 7) is 2.75. The second-order valence-corrected chi connectivity index (χ2v) is 5.15. The lowest BCUT2D eigenvalue weighted by Gasteiger charge is -2.53. The number of methoxy groups -OCH3 is 1. The molecule has 0 amide bonds. The smallest absolute Gasteiger partial charge is 0.217 e. The minimum atomic E-state index is 0.524. The zero-order valence-corrected chi connectivity index (χ0v) is 10.1. The fourth-order valence-corrected chi connectivity index (χ4v) is 2.75. The standard InChI is InChI=1S/C13H18N2O2/c1-16-12-10(3-2-4-14-12)7-15-11-5-13(6-11)8-17-9-13/h2-4,11,15H,5-9H2,1H3. The third kappa shape index (κ3) is 2.03. The van der Waals surface area contributed by atoms with Crippen molar-refractivity contribution in [1.29, 1.82) is 0 Å². The molecule has 2 heterocycles. The van der Waals surface area contributed by atoms with Crippen LogP contribution < -0.4 is 10.1 Å². The van der Waals surface area contributed by atoms with Gasteiger partial charge in [-0.15, -0.1) is 0 Å². The van der Waals surface area contributed by atoms with E-state index in [0.717, 1.165) is 31.2 Å². The highest BCUT2D eigenvalue weighted by atomic mass is 16.5. The van der Waals surface area contributed by atoms with Crippen molar-refractivity contribution >= 4 is 0 Å². The number of hydrogen-bond donors (Lipinski definition) is 1. The molecule has 1 saturated heterocycles. The van der Waals surface area contributed by atoms with Crippen molar-refractivity contribution in [3.8, 4) is 5.88 Å². The monoisotopic (exact) mass is 234 g/mol. The summed E-state index contributed by atoms with van der Waals surface area (Å²) < 4.78 is 10.5. The van der Waals surface area contributed by atoms with Crippen LogP contribution in [-0.4, -0.2) is 31.3 Å². The molecule has 2 fully saturated rings. The van der Waals surface area contributed by atoms with Crippen LogP contribution in [0.5, 0.6) is 5.88 Å². The van der Waals surface area contributed by atoms with Gasteiger partial charge in [-0.1, -0.05) is 6.07 Å². The van der Waals surface area contributed by atoms with E-state index in [1.165, 1.54) is 12.8 Å². The lowest BCUT2D eigenvalue weighted by molar-refractivity contribution is -0.167. The molecular weight excluding hydrogens is 216 g/mol. The zero-order chi connectivity index (χ0) is 11.7. The summed E-state index contributed by atoms with van der Waals surface area (Å²) in [6, 6.07) is 4.63. The molecule has 0 bridgehead atoms. The molecular formula is C13H18N2O2. The third-order valence-corrected chi connectivity index (χ3v) is 3.80. The molecule has 1 saturated carbocycles. The van der Waals surface area contributed by atoms with Gasteiger partial charge in [-0.2, -0.15) is 0 Å². The first kappa shape index (κ1) is 11.0. The van der Waals surface area contributed by atoms with Gasteiger partial charge < -0.3 is 14.8 Å². The van der Waals surface area contributed by atoms with Gasteiger partial charge in [0.1, 0.15) is 0 Å². The molecule has 3 rings (SSSR count). The third-order valence-electron chi connectivity index (χ3n) is 3.80. The number of ether oxygens (including phenoxy) is 2. The van der Waals surface area contributed by atoms with Crippen molar-refractivity contribution in [2.24, 2.45) is 5.41 Å². The van der Waals surface area contributed by atoms with Crippen LogP contribution in [0.1, 0.15) is 18.4 Å². The predicted octanol–water partition coefficient (Wildman–Crippen LogP) is 1.36. The Labute approximate surface area is 101 Å². The Morgan fingerprint density at radius 1 is 1.53 bits per heavy atom. The van der Waals surface area contributed by atoms with Gasteiger partial charge in [0.15, 0.2) is 0 Å². The second kappa shape index (κ2) is 4.27. The van der Waals surface area contributed by atoms with Crippen molar-refractivity contribution in [2.45, 2.75) is 25.4 Å². The molecule has 4 nitrogen and oxygen atoms in total. The first-order valence-corrected chi connectivity index (χ1v) is 6.10. The van der Waals surface area contributed by atoms with E-state index in [1.54, 1.807) is 13.3 Å². The minimum absolute atomic E-state index is 0.524. The van der Waals surface area contributed by atoms with Crippen LogP contribution in [0, 0.1) is 5.41 Å². The van der Waals surface area contributed by atoms with Gasteiger partial charge >= 0.3 is 0 Å². The summed E-state index contributed by atoms with van der Waals surface area (Å²) >= 11 is 0. The first-order chi connectivity index (χ1) is 8.31. The highest BCUT2D eigenvalue weighted by molar-refractivity contribution is 5.25.